The number of hydrogen-bond acceptors (Lipinski definition) is 3. The molecule has 1 atom stereocenters. The van der Waals surface area contributed by atoms with E-state index in [0.717, 1.165) is 25.7 Å². The Morgan fingerprint density at radius 2 is 2.18 bits per heavy atom. The summed E-state index contributed by atoms with van der Waals surface area (Å²) in [7, 11) is 1.92. The van der Waals surface area contributed by atoms with Gasteiger partial charge in [0.1, 0.15) is 0 Å². The summed E-state index contributed by atoms with van der Waals surface area (Å²) in [5.74, 6) is 0. The lowest BCUT2D eigenvalue weighted by atomic mass is 9.84. The molecule has 4 heteroatoms. The molecule has 2 N–H and O–H groups in total. The number of nitrogens with one attached hydrogen (secondary N) is 1. The maximum Gasteiger partial charge on any atom is 0.0771 e. The molecular formula is C13H23N3O. The third-order valence-electron chi connectivity index (χ3n) is 3.75. The van der Waals surface area contributed by atoms with E-state index >= 15 is 0 Å². The Labute approximate surface area is 103 Å². The molecule has 0 bridgehead atoms. The highest BCUT2D eigenvalue weighted by atomic mass is 16.3. The summed E-state index contributed by atoms with van der Waals surface area (Å²) < 4.78 is 1.81. The van der Waals surface area contributed by atoms with Gasteiger partial charge < -0.3 is 10.4 Å². The van der Waals surface area contributed by atoms with Crippen molar-refractivity contribution in [3.63, 3.8) is 0 Å². The molecule has 1 aromatic heterocycles. The zero-order valence-electron chi connectivity index (χ0n) is 10.8. The fourth-order valence-electron chi connectivity index (χ4n) is 2.51. The second-order valence-electron chi connectivity index (χ2n) is 5.33. The van der Waals surface area contributed by atoms with Crippen molar-refractivity contribution >= 4 is 0 Å². The summed E-state index contributed by atoms with van der Waals surface area (Å²) in [4.78, 5) is 0. The molecule has 0 radical (unpaired) electrons. The van der Waals surface area contributed by atoms with Crippen molar-refractivity contribution in [2.24, 2.45) is 7.05 Å². The Kier molecular flexibility index (Phi) is 3.84. The summed E-state index contributed by atoms with van der Waals surface area (Å²) in [5, 5.41) is 18.0. The van der Waals surface area contributed by atoms with E-state index in [0.29, 0.717) is 6.54 Å². The Morgan fingerprint density at radius 3 is 2.76 bits per heavy atom. The summed E-state index contributed by atoms with van der Waals surface area (Å²) in [6.07, 6.45) is 9.32. The topological polar surface area (TPSA) is 50.1 Å². The van der Waals surface area contributed by atoms with Crippen molar-refractivity contribution < 1.29 is 5.11 Å². The minimum absolute atomic E-state index is 0.245. The average molecular weight is 237 g/mol. The molecule has 0 aliphatic heterocycles. The van der Waals surface area contributed by atoms with Gasteiger partial charge in [-0.05, 0) is 19.8 Å². The zero-order chi connectivity index (χ0) is 12.3. The SMILES string of the molecule is CC(NCC1(O)CCCCC1)c1cnn(C)c1. The highest BCUT2D eigenvalue weighted by molar-refractivity contribution is 5.09. The first-order valence-corrected chi connectivity index (χ1v) is 6.53. The van der Waals surface area contributed by atoms with E-state index in [-0.39, 0.29) is 6.04 Å². The Hall–Kier alpha value is -0.870. The maximum absolute atomic E-state index is 10.4. The average Bonchev–Trinajstić information content (AvgIpc) is 2.74. The van der Waals surface area contributed by atoms with Crippen LogP contribution in [0, 0.1) is 0 Å². The van der Waals surface area contributed by atoms with E-state index < -0.39 is 5.60 Å². The van der Waals surface area contributed by atoms with Crippen molar-refractivity contribution in [2.45, 2.75) is 50.7 Å². The molecule has 0 aromatic carbocycles. The molecule has 0 spiro atoms. The van der Waals surface area contributed by atoms with E-state index in [1.807, 2.05) is 24.1 Å². The van der Waals surface area contributed by atoms with Crippen LogP contribution in [0.5, 0.6) is 0 Å². The van der Waals surface area contributed by atoms with Gasteiger partial charge in [-0.1, -0.05) is 19.3 Å². The molecule has 1 saturated carbocycles. The third kappa shape index (κ3) is 3.30. The van der Waals surface area contributed by atoms with Crippen LogP contribution < -0.4 is 5.32 Å². The highest BCUT2D eigenvalue weighted by Gasteiger charge is 2.29. The predicted octanol–water partition coefficient (Wildman–Crippen LogP) is 1.77. The van der Waals surface area contributed by atoms with Gasteiger partial charge in [0.15, 0.2) is 0 Å². The highest BCUT2D eigenvalue weighted by Crippen LogP contribution is 2.27. The first-order chi connectivity index (χ1) is 8.09. The Balaban J connectivity index is 1.85. The second-order valence-corrected chi connectivity index (χ2v) is 5.33. The molecule has 17 heavy (non-hydrogen) atoms. The fourth-order valence-corrected chi connectivity index (χ4v) is 2.51. The van der Waals surface area contributed by atoms with Crippen LogP contribution in [-0.4, -0.2) is 27.0 Å². The van der Waals surface area contributed by atoms with Gasteiger partial charge >= 0.3 is 0 Å². The lowest BCUT2D eigenvalue weighted by Crippen LogP contribution is -2.42. The van der Waals surface area contributed by atoms with E-state index in [2.05, 4.69) is 17.3 Å². The smallest absolute Gasteiger partial charge is 0.0771 e. The van der Waals surface area contributed by atoms with Gasteiger partial charge in [0.05, 0.1) is 11.8 Å². The van der Waals surface area contributed by atoms with Crippen LogP contribution in [0.25, 0.3) is 0 Å². The van der Waals surface area contributed by atoms with E-state index in [1.165, 1.54) is 12.0 Å². The van der Waals surface area contributed by atoms with Gasteiger partial charge in [-0.3, -0.25) is 4.68 Å². The summed E-state index contributed by atoms with van der Waals surface area (Å²) in [5.41, 5.74) is 0.682. The predicted molar refractivity (Wildman–Crippen MR) is 67.7 cm³/mol. The molecule has 96 valence electrons. The Bertz CT molecular complexity index is 355. The van der Waals surface area contributed by atoms with Gasteiger partial charge in [-0.25, -0.2) is 0 Å². The molecule has 2 rings (SSSR count). The van der Waals surface area contributed by atoms with Gasteiger partial charge in [0.25, 0.3) is 0 Å². The first kappa shape index (κ1) is 12.6. The molecule has 0 saturated heterocycles. The maximum atomic E-state index is 10.4. The molecular weight excluding hydrogens is 214 g/mol. The van der Waals surface area contributed by atoms with Gasteiger partial charge in [-0.15, -0.1) is 0 Å². The monoisotopic (exact) mass is 237 g/mol. The van der Waals surface area contributed by atoms with Crippen LogP contribution in [0.4, 0.5) is 0 Å². The van der Waals surface area contributed by atoms with Crippen molar-refractivity contribution in [1.82, 2.24) is 15.1 Å². The van der Waals surface area contributed by atoms with Crippen molar-refractivity contribution in [1.29, 1.82) is 0 Å². The Morgan fingerprint density at radius 1 is 1.47 bits per heavy atom. The van der Waals surface area contributed by atoms with Crippen molar-refractivity contribution in [3.8, 4) is 0 Å². The molecule has 1 unspecified atom stereocenters. The van der Waals surface area contributed by atoms with E-state index in [1.54, 1.807) is 0 Å². The minimum Gasteiger partial charge on any atom is -0.389 e. The number of rotatable bonds is 4. The summed E-state index contributed by atoms with van der Waals surface area (Å²) >= 11 is 0. The molecule has 1 fully saturated rings. The van der Waals surface area contributed by atoms with Crippen molar-refractivity contribution in [2.75, 3.05) is 6.54 Å². The molecule has 1 aliphatic carbocycles. The largest absolute Gasteiger partial charge is 0.389 e. The zero-order valence-corrected chi connectivity index (χ0v) is 10.8. The number of aliphatic hydroxyl groups is 1. The van der Waals surface area contributed by atoms with Crippen LogP contribution >= 0.6 is 0 Å². The molecule has 1 aromatic rings. The van der Waals surface area contributed by atoms with Crippen molar-refractivity contribution in [3.05, 3.63) is 18.0 Å². The molecule has 0 amide bonds. The van der Waals surface area contributed by atoms with Crippen LogP contribution in [-0.2, 0) is 7.05 Å². The van der Waals surface area contributed by atoms with E-state index in [9.17, 15) is 5.11 Å². The number of nitrogens with zero attached hydrogens (tertiary/aromatic N) is 2. The summed E-state index contributed by atoms with van der Waals surface area (Å²) in [6, 6.07) is 0.245. The quantitative estimate of drug-likeness (QED) is 0.839. The van der Waals surface area contributed by atoms with Crippen LogP contribution in [0.1, 0.15) is 50.6 Å². The van der Waals surface area contributed by atoms with Crippen LogP contribution in [0.2, 0.25) is 0 Å². The van der Waals surface area contributed by atoms with Gasteiger partial charge in [-0.2, -0.15) is 5.10 Å². The second kappa shape index (κ2) is 5.19. The fraction of sp³-hybridized carbons (Fsp3) is 0.769. The number of hydrogen-bond donors (Lipinski definition) is 2. The normalized spacial score (nSPS) is 21.4. The van der Waals surface area contributed by atoms with Crippen LogP contribution in [0.15, 0.2) is 12.4 Å². The molecule has 1 aliphatic rings. The van der Waals surface area contributed by atoms with Crippen LogP contribution in [0.3, 0.4) is 0 Å². The molecule has 4 nitrogen and oxygen atoms in total. The number of aryl methyl sites for hydroxylation is 1. The molecule has 1 heterocycles. The first-order valence-electron chi connectivity index (χ1n) is 6.53. The van der Waals surface area contributed by atoms with Gasteiger partial charge in [0, 0.05) is 31.4 Å². The summed E-state index contributed by atoms with van der Waals surface area (Å²) in [6.45, 7) is 2.80. The lowest BCUT2D eigenvalue weighted by Gasteiger charge is -2.33. The number of aromatic nitrogens is 2. The van der Waals surface area contributed by atoms with Gasteiger partial charge in [0.2, 0.25) is 0 Å². The third-order valence-corrected chi connectivity index (χ3v) is 3.75. The standard InChI is InChI=1S/C13H23N3O/c1-11(12-8-15-16(2)9-12)14-10-13(17)6-4-3-5-7-13/h8-9,11,14,17H,3-7,10H2,1-2H3. The lowest BCUT2D eigenvalue weighted by molar-refractivity contribution is 0.00300. The van der Waals surface area contributed by atoms with E-state index in [4.69, 9.17) is 0 Å². The minimum atomic E-state index is -0.491.